The summed E-state index contributed by atoms with van der Waals surface area (Å²) in [6.45, 7) is 11.1. The summed E-state index contributed by atoms with van der Waals surface area (Å²) < 4.78 is 13.2. The summed E-state index contributed by atoms with van der Waals surface area (Å²) in [6.07, 6.45) is 5.16. The van der Waals surface area contributed by atoms with E-state index in [4.69, 9.17) is 9.47 Å². The number of piperazine rings is 1. The van der Waals surface area contributed by atoms with E-state index in [1.807, 2.05) is 40.5 Å². The van der Waals surface area contributed by atoms with Gasteiger partial charge in [-0.25, -0.2) is 0 Å². The van der Waals surface area contributed by atoms with Crippen molar-refractivity contribution in [2.45, 2.75) is 39.0 Å². The zero-order chi connectivity index (χ0) is 26.3. The number of hydrogen-bond donors (Lipinski definition) is 2. The highest BCUT2D eigenvalue weighted by molar-refractivity contribution is 7.17. The molecule has 0 bridgehead atoms. The molecule has 2 aliphatic rings. The number of aliphatic hydroxyl groups is 1. The van der Waals surface area contributed by atoms with Gasteiger partial charge >= 0.3 is 0 Å². The van der Waals surface area contributed by atoms with E-state index in [2.05, 4.69) is 58.6 Å². The number of fused-ring (bicyclic) bond motifs is 2. The van der Waals surface area contributed by atoms with Crippen LogP contribution in [0.1, 0.15) is 32.3 Å². The molecule has 204 valence electrons. The molecule has 0 saturated carbocycles. The minimum absolute atomic E-state index is 0.303. The minimum atomic E-state index is -0.713. The molecule has 1 fully saturated rings. The van der Waals surface area contributed by atoms with Gasteiger partial charge in [-0.05, 0) is 80.6 Å². The van der Waals surface area contributed by atoms with E-state index in [1.54, 1.807) is 6.08 Å². The summed E-state index contributed by atoms with van der Waals surface area (Å²) in [5.41, 5.74) is 3.36. The molecule has 2 aromatic carbocycles. The number of nitrogens with zero attached hydrogens (tertiary/aromatic N) is 3. The Hall–Kier alpha value is -2.62. The minimum Gasteiger partial charge on any atom is -0.494 e. The zero-order valence-corrected chi connectivity index (χ0v) is 23.3. The second-order valence-corrected chi connectivity index (χ2v) is 11.2. The first-order chi connectivity index (χ1) is 18.6. The highest BCUT2D eigenvalue weighted by Gasteiger charge is 2.22. The van der Waals surface area contributed by atoms with Crippen molar-refractivity contribution < 1.29 is 14.6 Å². The highest BCUT2D eigenvalue weighted by Crippen LogP contribution is 2.33. The molecule has 0 amide bonds. The smallest absolute Gasteiger partial charge is 0.148 e. The summed E-state index contributed by atoms with van der Waals surface area (Å²) in [4.78, 5) is 6.96. The van der Waals surface area contributed by atoms with Crippen LogP contribution in [0, 0.1) is 0 Å². The van der Waals surface area contributed by atoms with Gasteiger partial charge in [0.2, 0.25) is 0 Å². The maximum absolute atomic E-state index is 10.5. The van der Waals surface area contributed by atoms with Crippen LogP contribution in [0.5, 0.6) is 5.75 Å². The number of nitrogens with one attached hydrogen (secondary N) is 1. The van der Waals surface area contributed by atoms with Crippen LogP contribution in [0.3, 0.4) is 0 Å². The molecule has 1 atom stereocenters. The number of anilines is 2. The van der Waals surface area contributed by atoms with Gasteiger partial charge < -0.3 is 24.4 Å². The molecule has 8 heteroatoms. The normalized spacial score (nSPS) is 17.9. The first kappa shape index (κ1) is 27.0. The van der Waals surface area contributed by atoms with Gasteiger partial charge in [0.05, 0.1) is 19.0 Å². The zero-order valence-electron chi connectivity index (χ0n) is 22.5. The fourth-order valence-electron chi connectivity index (χ4n) is 5.05. The number of ether oxygens (including phenoxy) is 2. The Morgan fingerprint density at radius 1 is 1.05 bits per heavy atom. The molecule has 0 spiro atoms. The Morgan fingerprint density at radius 2 is 1.92 bits per heavy atom. The fourth-order valence-corrected chi connectivity index (χ4v) is 5.86. The van der Waals surface area contributed by atoms with Crippen LogP contribution in [-0.2, 0) is 4.74 Å². The van der Waals surface area contributed by atoms with Gasteiger partial charge in [-0.3, -0.25) is 10.2 Å². The third-order valence-electron chi connectivity index (χ3n) is 7.23. The molecule has 2 N–H and O–H groups in total. The summed E-state index contributed by atoms with van der Waals surface area (Å²) in [5, 5.41) is 17.3. The molecule has 3 heterocycles. The SMILES string of the molecule is CC(C)NCOCN1c2cc(OCCCCN3CCN(c4cccc5sccc45)CC3)ccc2C=CC1O. The van der Waals surface area contributed by atoms with Crippen LogP contribution in [-0.4, -0.2) is 75.1 Å². The van der Waals surface area contributed by atoms with Crippen LogP contribution in [0.15, 0.2) is 53.9 Å². The molecule has 5 rings (SSSR count). The van der Waals surface area contributed by atoms with Gasteiger partial charge in [0.1, 0.15) is 18.7 Å². The lowest BCUT2D eigenvalue weighted by Crippen LogP contribution is -2.46. The molecule has 3 aromatic rings. The van der Waals surface area contributed by atoms with Gasteiger partial charge in [0.25, 0.3) is 0 Å². The van der Waals surface area contributed by atoms with Crippen LogP contribution in [0.4, 0.5) is 11.4 Å². The predicted octanol–water partition coefficient (Wildman–Crippen LogP) is 4.96. The van der Waals surface area contributed by atoms with Crippen molar-refractivity contribution in [3.63, 3.8) is 0 Å². The second kappa shape index (κ2) is 13.0. The van der Waals surface area contributed by atoms with E-state index in [0.29, 0.717) is 26.1 Å². The Bertz CT molecular complexity index is 1210. The molecule has 0 radical (unpaired) electrons. The van der Waals surface area contributed by atoms with Gasteiger partial charge in [-0.2, -0.15) is 0 Å². The summed E-state index contributed by atoms with van der Waals surface area (Å²) in [6, 6.07) is 15.3. The number of unbranched alkanes of at least 4 members (excludes halogenated alkanes) is 1. The van der Waals surface area contributed by atoms with Crippen molar-refractivity contribution in [2.75, 3.05) is 62.6 Å². The van der Waals surface area contributed by atoms with E-state index in [-0.39, 0.29) is 0 Å². The number of hydrogen-bond acceptors (Lipinski definition) is 8. The van der Waals surface area contributed by atoms with E-state index < -0.39 is 6.23 Å². The lowest BCUT2D eigenvalue weighted by molar-refractivity contribution is 0.0844. The second-order valence-electron chi connectivity index (χ2n) is 10.3. The van der Waals surface area contributed by atoms with Crippen molar-refractivity contribution in [1.29, 1.82) is 0 Å². The number of aliphatic hydroxyl groups excluding tert-OH is 1. The lowest BCUT2D eigenvalue weighted by atomic mass is 10.1. The predicted molar refractivity (Wildman–Crippen MR) is 158 cm³/mol. The lowest BCUT2D eigenvalue weighted by Gasteiger charge is -2.36. The largest absolute Gasteiger partial charge is 0.494 e. The Morgan fingerprint density at radius 3 is 2.76 bits per heavy atom. The van der Waals surface area contributed by atoms with E-state index in [1.165, 1.54) is 15.8 Å². The quantitative estimate of drug-likeness (QED) is 0.251. The van der Waals surface area contributed by atoms with Gasteiger partial charge in [0, 0.05) is 54.1 Å². The Balaban J connectivity index is 1.04. The molecular weight excluding hydrogens is 496 g/mol. The van der Waals surface area contributed by atoms with E-state index >= 15 is 0 Å². The summed E-state index contributed by atoms with van der Waals surface area (Å²) >= 11 is 1.82. The van der Waals surface area contributed by atoms with Gasteiger partial charge in [-0.15, -0.1) is 11.3 Å². The van der Waals surface area contributed by atoms with Crippen molar-refractivity contribution >= 4 is 38.9 Å². The molecular formula is C30H40N4O3S. The van der Waals surface area contributed by atoms with E-state index in [9.17, 15) is 5.11 Å². The first-order valence-electron chi connectivity index (χ1n) is 13.7. The van der Waals surface area contributed by atoms with Crippen LogP contribution in [0.25, 0.3) is 16.2 Å². The maximum atomic E-state index is 10.5. The van der Waals surface area contributed by atoms with Crippen molar-refractivity contribution in [3.05, 3.63) is 59.5 Å². The Labute approximate surface area is 230 Å². The van der Waals surface area contributed by atoms with Crippen molar-refractivity contribution in [3.8, 4) is 5.75 Å². The average Bonchev–Trinajstić information content (AvgIpc) is 3.41. The molecule has 0 aliphatic carbocycles. The molecule has 38 heavy (non-hydrogen) atoms. The number of benzene rings is 2. The monoisotopic (exact) mass is 536 g/mol. The first-order valence-corrected chi connectivity index (χ1v) is 14.6. The van der Waals surface area contributed by atoms with Gasteiger partial charge in [0.15, 0.2) is 0 Å². The molecule has 7 nitrogen and oxygen atoms in total. The Kier molecular flexibility index (Phi) is 9.19. The molecule has 1 aromatic heterocycles. The molecule has 1 saturated heterocycles. The fraction of sp³-hybridized carbons (Fsp3) is 0.467. The van der Waals surface area contributed by atoms with Crippen molar-refractivity contribution in [1.82, 2.24) is 10.2 Å². The third-order valence-corrected chi connectivity index (χ3v) is 8.11. The maximum Gasteiger partial charge on any atom is 0.148 e. The van der Waals surface area contributed by atoms with Gasteiger partial charge in [-0.1, -0.05) is 12.1 Å². The van der Waals surface area contributed by atoms with Crippen LogP contribution >= 0.6 is 11.3 Å². The number of thiophene rings is 1. The number of rotatable bonds is 12. The van der Waals surface area contributed by atoms with E-state index in [0.717, 1.165) is 62.6 Å². The van der Waals surface area contributed by atoms with Crippen LogP contribution < -0.4 is 19.9 Å². The average molecular weight is 537 g/mol. The molecule has 1 unspecified atom stereocenters. The summed E-state index contributed by atoms with van der Waals surface area (Å²) in [7, 11) is 0. The molecule has 2 aliphatic heterocycles. The third kappa shape index (κ3) is 6.68. The van der Waals surface area contributed by atoms with Crippen LogP contribution in [0.2, 0.25) is 0 Å². The highest BCUT2D eigenvalue weighted by atomic mass is 32.1. The standard InChI is InChI=1S/C30H40N4O3S/c1-23(2)31-21-36-22-34-28-20-25(10-8-24(28)9-11-30(34)35)37-18-4-3-13-32-14-16-33(17-15-32)27-6-5-7-29-26(27)12-19-38-29/h5-12,19-20,23,30-31,35H,3-4,13-18,21-22H2,1-2H3. The summed E-state index contributed by atoms with van der Waals surface area (Å²) in [5.74, 6) is 0.827. The van der Waals surface area contributed by atoms with Crippen molar-refractivity contribution in [2.24, 2.45) is 0 Å². The topological polar surface area (TPSA) is 60.4 Å².